The van der Waals surface area contributed by atoms with Gasteiger partial charge in [0, 0.05) is 16.8 Å². The third-order valence-electron chi connectivity index (χ3n) is 2.48. The average molecular weight is 236 g/mol. The van der Waals surface area contributed by atoms with Crippen LogP contribution in [0.1, 0.15) is 6.92 Å². The number of rotatable bonds is 2. The number of nitrogens with one attached hydrogen (secondary N) is 1. The highest BCUT2D eigenvalue weighted by Crippen LogP contribution is 2.37. The van der Waals surface area contributed by atoms with E-state index in [0.29, 0.717) is 0 Å². The summed E-state index contributed by atoms with van der Waals surface area (Å²) < 4.78 is 0. The number of thioether (sulfide) groups is 1. The quantitative estimate of drug-likeness (QED) is 0.811. The van der Waals surface area contributed by atoms with E-state index in [1.165, 1.54) is 18.7 Å². The van der Waals surface area contributed by atoms with E-state index in [-0.39, 0.29) is 5.91 Å². The van der Waals surface area contributed by atoms with Gasteiger partial charge in [-0.3, -0.25) is 4.79 Å². The molecular formula is C11H10NO3S-. The van der Waals surface area contributed by atoms with Gasteiger partial charge in [-0.1, -0.05) is 19.1 Å². The summed E-state index contributed by atoms with van der Waals surface area (Å²) in [7, 11) is 0. The van der Waals surface area contributed by atoms with Gasteiger partial charge < -0.3 is 15.2 Å². The second-order valence-electron chi connectivity index (χ2n) is 3.63. The van der Waals surface area contributed by atoms with Crippen molar-refractivity contribution in [2.45, 2.75) is 17.1 Å². The standard InChI is InChI=1S/C11H11NO3S/c1-6(11(14)15)9-10(13)12-7-4-2-3-5-8(7)16-9/h2-6,9H,1H3,(H,12,13)(H,14,15)/p-1/t6-,9+/m1/s1. The molecule has 4 nitrogen and oxygen atoms in total. The van der Waals surface area contributed by atoms with Crippen molar-refractivity contribution in [2.24, 2.45) is 5.92 Å². The van der Waals surface area contributed by atoms with Crippen LogP contribution in [0.3, 0.4) is 0 Å². The molecule has 1 aromatic rings. The Balaban J connectivity index is 2.28. The van der Waals surface area contributed by atoms with Gasteiger partial charge in [-0.25, -0.2) is 0 Å². The van der Waals surface area contributed by atoms with Gasteiger partial charge in [-0.15, -0.1) is 11.8 Å². The van der Waals surface area contributed by atoms with Gasteiger partial charge in [0.2, 0.25) is 5.91 Å². The van der Waals surface area contributed by atoms with E-state index in [1.54, 1.807) is 6.07 Å². The molecule has 0 saturated heterocycles. The fraction of sp³-hybridized carbons (Fsp3) is 0.273. The molecule has 0 fully saturated rings. The largest absolute Gasteiger partial charge is 0.550 e. The Morgan fingerprint density at radius 1 is 1.50 bits per heavy atom. The maximum Gasteiger partial charge on any atom is 0.238 e. The van der Waals surface area contributed by atoms with Gasteiger partial charge >= 0.3 is 0 Å². The summed E-state index contributed by atoms with van der Waals surface area (Å²) in [4.78, 5) is 23.3. The lowest BCUT2D eigenvalue weighted by Crippen LogP contribution is -2.42. The summed E-state index contributed by atoms with van der Waals surface area (Å²) in [6.07, 6.45) is 0. The normalized spacial score (nSPS) is 20.8. The van der Waals surface area contributed by atoms with Crippen LogP contribution in [0.15, 0.2) is 29.2 Å². The van der Waals surface area contributed by atoms with Crippen LogP contribution in [-0.2, 0) is 9.59 Å². The number of anilines is 1. The van der Waals surface area contributed by atoms with Crippen LogP contribution in [0, 0.1) is 5.92 Å². The first-order valence-electron chi connectivity index (χ1n) is 4.87. The Morgan fingerprint density at radius 3 is 2.88 bits per heavy atom. The minimum atomic E-state index is -1.20. The number of carboxylic acid groups (broad SMARTS) is 1. The minimum absolute atomic E-state index is 0.277. The van der Waals surface area contributed by atoms with Crippen molar-refractivity contribution in [1.29, 1.82) is 0 Å². The molecule has 0 aromatic heterocycles. The summed E-state index contributed by atoms with van der Waals surface area (Å²) in [5.41, 5.74) is 0.735. The first kappa shape index (κ1) is 11.0. The molecule has 84 valence electrons. The number of aliphatic carboxylic acids is 1. The van der Waals surface area contributed by atoms with Gasteiger partial charge in [-0.05, 0) is 12.1 Å². The lowest BCUT2D eigenvalue weighted by Gasteiger charge is -2.28. The fourth-order valence-corrected chi connectivity index (χ4v) is 2.68. The molecule has 0 saturated carbocycles. The average Bonchev–Trinajstić information content (AvgIpc) is 2.27. The van der Waals surface area contributed by atoms with Gasteiger partial charge in [0.15, 0.2) is 0 Å². The molecule has 1 N–H and O–H groups in total. The van der Waals surface area contributed by atoms with E-state index in [0.717, 1.165) is 10.6 Å². The summed E-state index contributed by atoms with van der Waals surface area (Å²) in [6.45, 7) is 1.49. The number of fused-ring (bicyclic) bond motifs is 1. The lowest BCUT2D eigenvalue weighted by atomic mass is 10.1. The topological polar surface area (TPSA) is 69.2 Å². The Labute approximate surface area is 97.0 Å². The molecule has 16 heavy (non-hydrogen) atoms. The van der Waals surface area contributed by atoms with Crippen molar-refractivity contribution < 1.29 is 14.7 Å². The molecule has 2 atom stereocenters. The highest BCUT2D eigenvalue weighted by molar-refractivity contribution is 8.01. The molecule has 0 bridgehead atoms. The van der Waals surface area contributed by atoms with Crippen molar-refractivity contribution in [1.82, 2.24) is 0 Å². The van der Waals surface area contributed by atoms with E-state index in [9.17, 15) is 14.7 Å². The van der Waals surface area contributed by atoms with Crippen LogP contribution >= 0.6 is 11.8 Å². The fourth-order valence-electron chi connectivity index (χ4n) is 1.52. The number of benzene rings is 1. The number of hydrogen-bond donors (Lipinski definition) is 1. The predicted molar refractivity (Wildman–Crippen MR) is 58.9 cm³/mol. The zero-order chi connectivity index (χ0) is 11.7. The molecule has 1 aliphatic rings. The van der Waals surface area contributed by atoms with Gasteiger partial charge in [0.25, 0.3) is 0 Å². The van der Waals surface area contributed by atoms with Gasteiger partial charge in [0.05, 0.1) is 10.9 Å². The van der Waals surface area contributed by atoms with E-state index in [2.05, 4.69) is 5.32 Å². The molecule has 1 amide bonds. The van der Waals surface area contributed by atoms with Crippen molar-refractivity contribution in [2.75, 3.05) is 5.32 Å². The number of para-hydroxylation sites is 1. The van der Waals surface area contributed by atoms with Crippen LogP contribution in [0.4, 0.5) is 5.69 Å². The molecule has 0 aliphatic carbocycles. The van der Waals surface area contributed by atoms with Crippen LogP contribution < -0.4 is 10.4 Å². The Kier molecular flexibility index (Phi) is 2.87. The molecular weight excluding hydrogens is 226 g/mol. The number of amides is 1. The zero-order valence-electron chi connectivity index (χ0n) is 8.60. The monoisotopic (exact) mass is 236 g/mol. The van der Waals surface area contributed by atoms with E-state index in [4.69, 9.17) is 0 Å². The van der Waals surface area contributed by atoms with Crippen LogP contribution in [0.25, 0.3) is 0 Å². The number of carboxylic acids is 1. The molecule has 2 rings (SSSR count). The number of hydrogen-bond acceptors (Lipinski definition) is 4. The number of carbonyl (C=O) groups excluding carboxylic acids is 2. The second-order valence-corrected chi connectivity index (χ2v) is 4.81. The minimum Gasteiger partial charge on any atom is -0.550 e. The van der Waals surface area contributed by atoms with E-state index < -0.39 is 17.1 Å². The summed E-state index contributed by atoms with van der Waals surface area (Å²) in [6, 6.07) is 7.32. The van der Waals surface area contributed by atoms with Crippen LogP contribution in [0.5, 0.6) is 0 Å². The molecule has 0 unspecified atom stereocenters. The second kappa shape index (κ2) is 4.17. The smallest absolute Gasteiger partial charge is 0.238 e. The van der Waals surface area contributed by atoms with Crippen molar-refractivity contribution >= 4 is 29.3 Å². The van der Waals surface area contributed by atoms with E-state index in [1.807, 2.05) is 18.2 Å². The third-order valence-corrected chi connectivity index (χ3v) is 3.97. The highest BCUT2D eigenvalue weighted by Gasteiger charge is 2.31. The van der Waals surface area contributed by atoms with Crippen LogP contribution in [-0.4, -0.2) is 17.1 Å². The molecule has 5 heteroatoms. The molecule has 0 spiro atoms. The Bertz CT molecular complexity index is 447. The molecule has 0 radical (unpaired) electrons. The number of carbonyl (C=O) groups is 2. The molecule has 1 aliphatic heterocycles. The summed E-state index contributed by atoms with van der Waals surface area (Å²) in [5, 5.41) is 12.8. The zero-order valence-corrected chi connectivity index (χ0v) is 9.41. The Hall–Kier alpha value is -1.49. The molecule has 1 aromatic carbocycles. The molecule has 1 heterocycles. The Morgan fingerprint density at radius 2 is 2.19 bits per heavy atom. The van der Waals surface area contributed by atoms with Crippen molar-refractivity contribution in [3.05, 3.63) is 24.3 Å². The predicted octanol–water partition coefficient (Wildman–Crippen LogP) is 0.485. The first-order chi connectivity index (χ1) is 7.59. The third kappa shape index (κ3) is 1.90. The van der Waals surface area contributed by atoms with Crippen molar-refractivity contribution in [3.8, 4) is 0 Å². The SMILES string of the molecule is C[C@@H](C(=O)[O-])[C@@H]1Sc2ccccc2NC1=O. The first-order valence-corrected chi connectivity index (χ1v) is 5.75. The van der Waals surface area contributed by atoms with Gasteiger partial charge in [-0.2, -0.15) is 0 Å². The van der Waals surface area contributed by atoms with Crippen LogP contribution in [0.2, 0.25) is 0 Å². The van der Waals surface area contributed by atoms with Gasteiger partial charge in [0.1, 0.15) is 0 Å². The van der Waals surface area contributed by atoms with Crippen molar-refractivity contribution in [3.63, 3.8) is 0 Å². The summed E-state index contributed by atoms with van der Waals surface area (Å²) in [5.74, 6) is -2.29. The highest BCUT2D eigenvalue weighted by atomic mass is 32.2. The van der Waals surface area contributed by atoms with E-state index >= 15 is 0 Å². The summed E-state index contributed by atoms with van der Waals surface area (Å²) >= 11 is 1.27. The maximum absolute atomic E-state index is 11.7. The maximum atomic E-state index is 11.7. The lowest BCUT2D eigenvalue weighted by molar-refractivity contribution is -0.310.